The highest BCUT2D eigenvalue weighted by Crippen LogP contribution is 2.37. The molecule has 0 unspecified atom stereocenters. The van der Waals surface area contributed by atoms with Gasteiger partial charge in [-0.3, -0.25) is 9.69 Å². The topological polar surface area (TPSA) is 129 Å². The maximum atomic E-state index is 12.2. The van der Waals surface area contributed by atoms with E-state index in [0.717, 1.165) is 23.1 Å². The van der Waals surface area contributed by atoms with Crippen LogP contribution >= 0.6 is 0 Å². The number of carbonyl (C=O) groups is 1. The molecule has 3 N–H and O–H groups in total. The van der Waals surface area contributed by atoms with Crippen molar-refractivity contribution in [3.05, 3.63) is 77.9 Å². The van der Waals surface area contributed by atoms with Crippen molar-refractivity contribution < 1.29 is 29.4 Å². The summed E-state index contributed by atoms with van der Waals surface area (Å²) in [5.74, 6) is 1.10. The molecule has 1 saturated heterocycles. The second kappa shape index (κ2) is 15.5. The zero-order valence-corrected chi connectivity index (χ0v) is 28.5. The number of piperidine rings is 1. The van der Waals surface area contributed by atoms with Gasteiger partial charge in [-0.1, -0.05) is 89.2 Å². The molecule has 1 fully saturated rings. The number of benzene rings is 3. The van der Waals surface area contributed by atoms with Crippen LogP contribution in [0.3, 0.4) is 0 Å². The van der Waals surface area contributed by atoms with Crippen molar-refractivity contribution in [1.29, 1.82) is 0 Å². The summed E-state index contributed by atoms with van der Waals surface area (Å²) in [6, 6.07) is 20.1. The first-order chi connectivity index (χ1) is 22.2. The minimum atomic E-state index is -0.841. The third-order valence-electron chi connectivity index (χ3n) is 7.98. The molecule has 252 valence electrons. The molecule has 0 aliphatic carbocycles. The Bertz CT molecular complexity index is 1590. The maximum absolute atomic E-state index is 12.2. The molecule has 0 saturated carbocycles. The SMILES string of the molecule is CC(C)(C)C.CC(C)Cc1ccc(-c2nc(-c3ccc(CN4CCC(CCOc5ccccc5O)(C(=O)O)CC4)cc3)no2)cc1O. The van der Waals surface area contributed by atoms with Crippen molar-refractivity contribution in [1.82, 2.24) is 15.0 Å². The lowest BCUT2D eigenvalue weighted by Gasteiger charge is -2.39. The third kappa shape index (κ3) is 10.3. The predicted octanol–water partition coefficient (Wildman–Crippen LogP) is 8.20. The number of likely N-dealkylation sites (tertiary alicyclic amines) is 1. The number of carboxylic acids is 1. The Morgan fingerprint density at radius 1 is 0.957 bits per heavy atom. The molecule has 0 atom stereocenters. The van der Waals surface area contributed by atoms with Crippen LogP contribution in [0.4, 0.5) is 0 Å². The van der Waals surface area contributed by atoms with E-state index in [-0.39, 0.29) is 18.1 Å². The van der Waals surface area contributed by atoms with Gasteiger partial charge in [-0.25, -0.2) is 0 Å². The van der Waals surface area contributed by atoms with Crippen molar-refractivity contribution >= 4 is 5.97 Å². The first kappa shape index (κ1) is 35.5. The Kier molecular flexibility index (Phi) is 11.7. The van der Waals surface area contributed by atoms with Gasteiger partial charge in [0, 0.05) is 17.7 Å². The van der Waals surface area contributed by atoms with Gasteiger partial charge in [0.1, 0.15) is 5.75 Å². The number of hydrogen-bond acceptors (Lipinski definition) is 8. The molecule has 1 aliphatic heterocycles. The van der Waals surface area contributed by atoms with Gasteiger partial charge in [0.05, 0.1) is 12.0 Å². The van der Waals surface area contributed by atoms with Crippen molar-refractivity contribution in [3.63, 3.8) is 0 Å². The Hall–Kier alpha value is -4.37. The largest absolute Gasteiger partial charge is 0.508 e. The van der Waals surface area contributed by atoms with E-state index >= 15 is 0 Å². The Labute approximate surface area is 278 Å². The van der Waals surface area contributed by atoms with E-state index < -0.39 is 11.4 Å². The highest BCUT2D eigenvalue weighted by Gasteiger charge is 2.41. The number of para-hydroxylation sites is 2. The standard InChI is InChI=1S/C33H37N3O6.C5H12/c1-22(2)19-25-11-12-26(20-28(25)38)31-34-30(35-42-31)24-9-7-23(8-10-24)21-36-16-13-33(14-17-36,32(39)40)15-18-41-29-6-4-3-5-27(29)37;1-5(2,3)4/h3-12,20,22,37-38H,13-19,21H2,1-2H3,(H,39,40);1-4H3. The van der Waals surface area contributed by atoms with Crippen LogP contribution < -0.4 is 4.74 Å². The molecule has 1 aliphatic rings. The van der Waals surface area contributed by atoms with Crippen LogP contribution in [0.15, 0.2) is 71.3 Å². The molecule has 5 rings (SSSR count). The molecule has 9 nitrogen and oxygen atoms in total. The zero-order chi connectivity index (χ0) is 34.2. The summed E-state index contributed by atoms with van der Waals surface area (Å²) in [5, 5.41) is 34.5. The predicted molar refractivity (Wildman–Crippen MR) is 183 cm³/mol. The van der Waals surface area contributed by atoms with Crippen LogP contribution in [0.2, 0.25) is 0 Å². The van der Waals surface area contributed by atoms with Crippen molar-refractivity contribution in [3.8, 4) is 40.1 Å². The van der Waals surface area contributed by atoms with Gasteiger partial charge < -0.3 is 24.6 Å². The molecule has 1 aromatic heterocycles. The molecule has 9 heteroatoms. The fraction of sp³-hybridized carbons (Fsp3) is 0.447. The maximum Gasteiger partial charge on any atom is 0.309 e. The number of ether oxygens (including phenoxy) is 1. The molecular weight excluding hydrogens is 594 g/mol. The van der Waals surface area contributed by atoms with Crippen LogP contribution in [0, 0.1) is 16.7 Å². The normalized spacial score (nSPS) is 14.8. The molecule has 0 amide bonds. The number of hydrogen-bond donors (Lipinski definition) is 3. The number of rotatable bonds is 11. The van der Waals surface area contributed by atoms with Crippen LogP contribution in [0.25, 0.3) is 22.8 Å². The van der Waals surface area contributed by atoms with Crippen LogP contribution in [0.1, 0.15) is 71.9 Å². The van der Waals surface area contributed by atoms with Crippen molar-refractivity contribution in [2.45, 2.75) is 73.8 Å². The number of nitrogens with zero attached hydrogens (tertiary/aromatic N) is 3. The molecule has 3 aromatic carbocycles. The first-order valence-electron chi connectivity index (χ1n) is 16.3. The van der Waals surface area contributed by atoms with Gasteiger partial charge >= 0.3 is 5.97 Å². The van der Waals surface area contributed by atoms with Gasteiger partial charge in [0.2, 0.25) is 5.82 Å². The molecule has 2 heterocycles. The molecular formula is C38H49N3O6. The van der Waals surface area contributed by atoms with E-state index in [1.54, 1.807) is 30.3 Å². The number of aliphatic carboxylic acids is 1. The lowest BCUT2D eigenvalue weighted by Crippen LogP contribution is -2.44. The van der Waals surface area contributed by atoms with E-state index in [1.165, 1.54) is 0 Å². The number of carboxylic acid groups (broad SMARTS) is 1. The first-order valence-corrected chi connectivity index (χ1v) is 16.3. The molecule has 4 aromatic rings. The Balaban J connectivity index is 0.000000930. The lowest BCUT2D eigenvalue weighted by atomic mass is 9.76. The van der Waals surface area contributed by atoms with E-state index in [1.807, 2.05) is 36.4 Å². The number of phenolic OH excluding ortho intramolecular Hbond substituents is 2. The fourth-order valence-corrected chi connectivity index (χ4v) is 5.43. The van der Waals surface area contributed by atoms with Gasteiger partial charge in [-0.15, -0.1) is 0 Å². The summed E-state index contributed by atoms with van der Waals surface area (Å²) in [4.78, 5) is 19.0. The van der Waals surface area contributed by atoms with Crippen LogP contribution in [-0.2, 0) is 17.8 Å². The monoisotopic (exact) mass is 643 g/mol. The Morgan fingerprint density at radius 2 is 1.60 bits per heavy atom. The highest BCUT2D eigenvalue weighted by atomic mass is 16.5. The van der Waals surface area contributed by atoms with Gasteiger partial charge in [0.15, 0.2) is 11.5 Å². The summed E-state index contributed by atoms with van der Waals surface area (Å²) in [6.45, 7) is 15.2. The molecule has 0 spiro atoms. The van der Waals surface area contributed by atoms with Crippen LogP contribution in [-0.4, -0.2) is 56.0 Å². The van der Waals surface area contributed by atoms with E-state index in [2.05, 4.69) is 56.6 Å². The number of phenols is 2. The molecule has 47 heavy (non-hydrogen) atoms. The quantitative estimate of drug-likeness (QED) is 0.148. The summed E-state index contributed by atoms with van der Waals surface area (Å²) >= 11 is 0. The van der Waals surface area contributed by atoms with E-state index in [4.69, 9.17) is 9.26 Å². The van der Waals surface area contributed by atoms with E-state index in [9.17, 15) is 20.1 Å². The molecule has 0 bridgehead atoms. The summed E-state index contributed by atoms with van der Waals surface area (Å²) in [7, 11) is 0. The average molecular weight is 644 g/mol. The zero-order valence-electron chi connectivity index (χ0n) is 28.5. The third-order valence-corrected chi connectivity index (χ3v) is 7.98. The highest BCUT2D eigenvalue weighted by molar-refractivity contribution is 5.74. The second-order valence-electron chi connectivity index (χ2n) is 14.5. The Morgan fingerprint density at radius 3 is 2.19 bits per heavy atom. The van der Waals surface area contributed by atoms with Crippen molar-refractivity contribution in [2.24, 2.45) is 16.7 Å². The second-order valence-corrected chi connectivity index (χ2v) is 14.5. The van der Waals surface area contributed by atoms with Crippen LogP contribution in [0.5, 0.6) is 17.2 Å². The number of aromatic hydroxyl groups is 2. The lowest BCUT2D eigenvalue weighted by molar-refractivity contribution is -0.153. The minimum absolute atomic E-state index is 0.0505. The summed E-state index contributed by atoms with van der Waals surface area (Å²) < 4.78 is 11.2. The average Bonchev–Trinajstić information content (AvgIpc) is 3.50. The van der Waals surface area contributed by atoms with Gasteiger partial charge in [0.25, 0.3) is 5.89 Å². The fourth-order valence-electron chi connectivity index (χ4n) is 5.43. The smallest absolute Gasteiger partial charge is 0.309 e. The van der Waals surface area contributed by atoms with E-state index in [0.29, 0.717) is 73.3 Å². The number of aromatic nitrogens is 2. The summed E-state index contributed by atoms with van der Waals surface area (Å²) in [6.07, 6.45) is 2.24. The summed E-state index contributed by atoms with van der Waals surface area (Å²) in [5.41, 5.74) is 3.15. The molecule has 0 radical (unpaired) electrons. The minimum Gasteiger partial charge on any atom is -0.508 e. The van der Waals surface area contributed by atoms with Gasteiger partial charge in [-0.2, -0.15) is 4.98 Å². The van der Waals surface area contributed by atoms with Crippen molar-refractivity contribution in [2.75, 3.05) is 19.7 Å². The van der Waals surface area contributed by atoms with Gasteiger partial charge in [-0.05, 0) is 85.5 Å².